The number of halogens is 1. The van der Waals surface area contributed by atoms with Crippen molar-refractivity contribution in [3.63, 3.8) is 0 Å². The third-order valence-corrected chi connectivity index (χ3v) is 4.69. The number of rotatable bonds is 4. The zero-order valence-electron chi connectivity index (χ0n) is 17.5. The molecular formula is C21H27ClN4O4. The lowest BCUT2D eigenvalue weighted by Gasteiger charge is -2.26. The minimum Gasteiger partial charge on any atom is -0.471 e. The molecule has 2 aromatic rings. The van der Waals surface area contributed by atoms with Gasteiger partial charge in [0.2, 0.25) is 0 Å². The Morgan fingerprint density at radius 1 is 1.10 bits per heavy atom. The molecule has 1 aliphatic heterocycles. The molecule has 2 amide bonds. The van der Waals surface area contributed by atoms with Crippen molar-refractivity contribution in [2.45, 2.75) is 39.5 Å². The lowest BCUT2D eigenvalue weighted by Crippen LogP contribution is -2.40. The molecule has 8 nitrogen and oxygen atoms in total. The number of aromatic nitrogens is 2. The molecule has 0 saturated carbocycles. The summed E-state index contributed by atoms with van der Waals surface area (Å²) < 4.78 is 12.6. The molecule has 0 unspecified atom stereocenters. The molecule has 1 saturated heterocycles. The molecule has 0 aliphatic carbocycles. The quantitative estimate of drug-likeness (QED) is 0.734. The second kappa shape index (κ2) is 9.38. The highest BCUT2D eigenvalue weighted by molar-refractivity contribution is 6.30. The van der Waals surface area contributed by atoms with Crippen LogP contribution in [-0.2, 0) is 11.5 Å². The predicted octanol–water partition coefficient (Wildman–Crippen LogP) is 3.66. The number of amides is 2. The average molecular weight is 435 g/mol. The number of hydrogen-bond acceptors (Lipinski definition) is 5. The first-order valence-electron chi connectivity index (χ1n) is 9.90. The van der Waals surface area contributed by atoms with Crippen LogP contribution in [0, 0.1) is 0 Å². The maximum absolute atomic E-state index is 12.8. The van der Waals surface area contributed by atoms with Crippen molar-refractivity contribution in [2.75, 3.05) is 26.2 Å². The van der Waals surface area contributed by atoms with Gasteiger partial charge in [-0.15, -0.1) is 0 Å². The van der Waals surface area contributed by atoms with Gasteiger partial charge >= 0.3 is 6.09 Å². The van der Waals surface area contributed by atoms with Crippen molar-refractivity contribution in [1.82, 2.24) is 19.6 Å². The number of hydrogen-bond donors (Lipinski definition) is 0. The molecule has 162 valence electrons. The summed E-state index contributed by atoms with van der Waals surface area (Å²) in [6, 6.07) is 8.75. The van der Waals surface area contributed by atoms with Crippen molar-refractivity contribution in [3.05, 3.63) is 47.2 Å². The van der Waals surface area contributed by atoms with Crippen molar-refractivity contribution in [2.24, 2.45) is 0 Å². The molecule has 0 bridgehead atoms. The topological polar surface area (TPSA) is 76.9 Å². The van der Waals surface area contributed by atoms with Gasteiger partial charge in [0.05, 0.1) is 0 Å². The van der Waals surface area contributed by atoms with Crippen molar-refractivity contribution < 1.29 is 19.1 Å². The van der Waals surface area contributed by atoms with E-state index in [-0.39, 0.29) is 18.7 Å². The summed E-state index contributed by atoms with van der Waals surface area (Å²) in [5.74, 6) is 0.461. The lowest BCUT2D eigenvalue weighted by atomic mass is 10.2. The van der Waals surface area contributed by atoms with E-state index in [1.165, 1.54) is 0 Å². The molecule has 30 heavy (non-hydrogen) atoms. The number of ether oxygens (including phenoxy) is 2. The second-order valence-electron chi connectivity index (χ2n) is 8.08. The SMILES string of the molecule is CC(C)(C)OC(=O)N1CCCN(C(=O)c2ccn(COc3cccc(Cl)c3)n2)CC1. The fraction of sp³-hybridized carbons (Fsp3) is 0.476. The summed E-state index contributed by atoms with van der Waals surface area (Å²) in [4.78, 5) is 28.5. The van der Waals surface area contributed by atoms with E-state index in [9.17, 15) is 9.59 Å². The van der Waals surface area contributed by atoms with Gasteiger partial charge in [0.15, 0.2) is 12.4 Å². The third-order valence-electron chi connectivity index (χ3n) is 4.45. The zero-order chi connectivity index (χ0) is 21.7. The molecule has 0 N–H and O–H groups in total. The van der Waals surface area contributed by atoms with Crippen LogP contribution in [0.1, 0.15) is 37.7 Å². The molecule has 1 aromatic carbocycles. The number of nitrogens with zero attached hydrogens (tertiary/aromatic N) is 4. The van der Waals surface area contributed by atoms with Gasteiger partial charge in [-0.3, -0.25) is 4.79 Å². The Bertz CT molecular complexity index is 893. The smallest absolute Gasteiger partial charge is 0.410 e. The Kier molecular flexibility index (Phi) is 6.87. The zero-order valence-corrected chi connectivity index (χ0v) is 18.3. The van der Waals surface area contributed by atoms with Crippen molar-refractivity contribution in [3.8, 4) is 5.75 Å². The molecule has 0 radical (unpaired) electrons. The van der Waals surface area contributed by atoms with Crippen LogP contribution in [0.4, 0.5) is 4.79 Å². The summed E-state index contributed by atoms with van der Waals surface area (Å²) in [6.45, 7) is 7.66. The van der Waals surface area contributed by atoms with Crippen LogP contribution in [0.2, 0.25) is 5.02 Å². The van der Waals surface area contributed by atoms with Crippen LogP contribution in [0.5, 0.6) is 5.75 Å². The number of carbonyl (C=O) groups is 2. The fourth-order valence-corrected chi connectivity index (χ4v) is 3.22. The third kappa shape index (κ3) is 6.13. The second-order valence-corrected chi connectivity index (χ2v) is 8.52. The van der Waals surface area contributed by atoms with Gasteiger partial charge in [0, 0.05) is 37.4 Å². The van der Waals surface area contributed by atoms with Gasteiger partial charge in [-0.2, -0.15) is 5.10 Å². The van der Waals surface area contributed by atoms with E-state index in [0.29, 0.717) is 49.1 Å². The van der Waals surface area contributed by atoms with E-state index < -0.39 is 5.60 Å². The van der Waals surface area contributed by atoms with Gasteiger partial charge in [0.1, 0.15) is 11.4 Å². The van der Waals surface area contributed by atoms with E-state index in [2.05, 4.69) is 5.10 Å². The Labute approximate surface area is 181 Å². The molecular weight excluding hydrogens is 408 g/mol. The van der Waals surface area contributed by atoms with Crippen LogP contribution in [0.3, 0.4) is 0 Å². The van der Waals surface area contributed by atoms with Gasteiger partial charge < -0.3 is 19.3 Å². The van der Waals surface area contributed by atoms with Crippen molar-refractivity contribution in [1.29, 1.82) is 0 Å². The van der Waals surface area contributed by atoms with E-state index in [1.807, 2.05) is 20.8 Å². The first-order valence-corrected chi connectivity index (χ1v) is 10.3. The van der Waals surface area contributed by atoms with E-state index in [4.69, 9.17) is 21.1 Å². The molecule has 1 aliphatic rings. The van der Waals surface area contributed by atoms with Crippen LogP contribution in [0.25, 0.3) is 0 Å². The van der Waals surface area contributed by atoms with Crippen LogP contribution in [0.15, 0.2) is 36.5 Å². The lowest BCUT2D eigenvalue weighted by molar-refractivity contribution is 0.0255. The first-order chi connectivity index (χ1) is 14.2. The molecule has 1 aromatic heterocycles. The predicted molar refractivity (Wildman–Crippen MR) is 113 cm³/mol. The Hall–Kier alpha value is -2.74. The van der Waals surface area contributed by atoms with Crippen LogP contribution in [-0.4, -0.2) is 63.4 Å². The monoisotopic (exact) mass is 434 g/mol. The summed E-state index contributed by atoms with van der Waals surface area (Å²) >= 11 is 5.95. The number of carbonyl (C=O) groups excluding carboxylic acids is 2. The molecule has 2 heterocycles. The molecule has 0 spiro atoms. The van der Waals surface area contributed by atoms with Crippen molar-refractivity contribution >= 4 is 23.6 Å². The summed E-state index contributed by atoms with van der Waals surface area (Å²) in [7, 11) is 0. The van der Waals surface area contributed by atoms with Gasteiger partial charge in [-0.25, -0.2) is 9.48 Å². The van der Waals surface area contributed by atoms with E-state index in [1.54, 1.807) is 51.0 Å². The summed E-state index contributed by atoms with van der Waals surface area (Å²) in [6.07, 6.45) is 2.03. The van der Waals surface area contributed by atoms with Crippen LogP contribution >= 0.6 is 11.6 Å². The first kappa shape index (κ1) is 22.0. The maximum Gasteiger partial charge on any atom is 0.410 e. The van der Waals surface area contributed by atoms with Gasteiger partial charge in [-0.05, 0) is 51.5 Å². The fourth-order valence-electron chi connectivity index (χ4n) is 3.04. The molecule has 0 atom stereocenters. The largest absolute Gasteiger partial charge is 0.471 e. The maximum atomic E-state index is 12.8. The highest BCUT2D eigenvalue weighted by Crippen LogP contribution is 2.18. The minimum atomic E-state index is -0.543. The Morgan fingerprint density at radius 2 is 1.83 bits per heavy atom. The Balaban J connectivity index is 1.54. The summed E-state index contributed by atoms with van der Waals surface area (Å²) in [5.41, 5.74) is -0.200. The highest BCUT2D eigenvalue weighted by atomic mass is 35.5. The van der Waals surface area contributed by atoms with Gasteiger partial charge in [0.25, 0.3) is 5.91 Å². The highest BCUT2D eigenvalue weighted by Gasteiger charge is 2.27. The normalized spacial score (nSPS) is 14.9. The molecule has 1 fully saturated rings. The molecule has 9 heteroatoms. The average Bonchev–Trinajstić information content (AvgIpc) is 3.00. The van der Waals surface area contributed by atoms with Crippen LogP contribution < -0.4 is 4.74 Å². The van der Waals surface area contributed by atoms with Gasteiger partial charge in [-0.1, -0.05) is 17.7 Å². The summed E-state index contributed by atoms with van der Waals surface area (Å²) in [5, 5.41) is 4.91. The molecule has 3 rings (SSSR count). The number of benzene rings is 1. The Morgan fingerprint density at radius 3 is 2.57 bits per heavy atom. The van der Waals surface area contributed by atoms with E-state index in [0.717, 1.165) is 0 Å². The van der Waals surface area contributed by atoms with E-state index >= 15 is 0 Å². The minimum absolute atomic E-state index is 0.164. The standard InChI is InChI=1S/C21H27ClN4O4/c1-21(2,3)30-20(28)25-10-5-9-24(12-13-25)19(27)18-8-11-26(23-18)15-29-17-7-4-6-16(22)14-17/h4,6-8,11,14H,5,9-10,12-13,15H2,1-3H3.